The summed E-state index contributed by atoms with van der Waals surface area (Å²) in [5.41, 5.74) is 3.02. The number of rotatable bonds is 5. The van der Waals surface area contributed by atoms with Crippen LogP contribution in [0.3, 0.4) is 0 Å². The van der Waals surface area contributed by atoms with Crippen LogP contribution in [0, 0.1) is 0 Å². The summed E-state index contributed by atoms with van der Waals surface area (Å²) in [5, 5.41) is 6.97. The fourth-order valence-corrected chi connectivity index (χ4v) is 2.33. The van der Waals surface area contributed by atoms with Gasteiger partial charge < -0.3 is 10.6 Å². The molecule has 2 aromatic carbocycles. The molecule has 2 aromatic rings. The van der Waals surface area contributed by atoms with Crippen LogP contribution in [0.1, 0.15) is 19.4 Å². The Kier molecular flexibility index (Phi) is 5.23. The maximum atomic E-state index is 11.1. The molecule has 4 heteroatoms. The molecule has 0 bridgehead atoms. The molecule has 0 aromatic heterocycles. The van der Waals surface area contributed by atoms with Crippen LogP contribution in [-0.4, -0.2) is 11.9 Å². The Balaban J connectivity index is 1.97. The molecule has 1 amide bonds. The number of hydrogen-bond acceptors (Lipinski definition) is 2. The second-order valence-corrected chi connectivity index (χ2v) is 5.57. The van der Waals surface area contributed by atoms with Crippen molar-refractivity contribution in [2.24, 2.45) is 0 Å². The van der Waals surface area contributed by atoms with Crippen molar-refractivity contribution in [3.8, 4) is 0 Å². The maximum absolute atomic E-state index is 11.1. The molecule has 0 aliphatic carbocycles. The number of anilines is 2. The van der Waals surface area contributed by atoms with Crippen molar-refractivity contribution in [1.82, 2.24) is 0 Å². The molecule has 0 aliphatic heterocycles. The van der Waals surface area contributed by atoms with Gasteiger partial charge >= 0.3 is 0 Å². The third-order valence-corrected chi connectivity index (χ3v) is 3.30. The van der Waals surface area contributed by atoms with Gasteiger partial charge in [0.25, 0.3) is 0 Å². The number of halogens is 1. The lowest BCUT2D eigenvalue weighted by molar-refractivity contribution is -0.114. The first kappa shape index (κ1) is 15.4. The lowest BCUT2D eigenvalue weighted by Crippen LogP contribution is -2.18. The van der Waals surface area contributed by atoms with Crippen molar-refractivity contribution < 1.29 is 4.79 Å². The summed E-state index contributed by atoms with van der Waals surface area (Å²) in [6.07, 6.45) is 0.904. The van der Waals surface area contributed by atoms with E-state index in [0.717, 1.165) is 22.8 Å². The molecule has 0 heterocycles. The van der Waals surface area contributed by atoms with Gasteiger partial charge in [0.05, 0.1) is 0 Å². The minimum absolute atomic E-state index is 0.0682. The number of carbonyl (C=O) groups is 1. The molecule has 1 atom stereocenters. The predicted molar refractivity (Wildman–Crippen MR) is 89.0 cm³/mol. The monoisotopic (exact) mass is 302 g/mol. The number of benzene rings is 2. The zero-order valence-corrected chi connectivity index (χ0v) is 12.9. The summed E-state index contributed by atoms with van der Waals surface area (Å²) >= 11 is 5.89. The molecule has 3 nitrogen and oxygen atoms in total. The topological polar surface area (TPSA) is 41.1 Å². The molecule has 2 rings (SSSR count). The van der Waals surface area contributed by atoms with Gasteiger partial charge in [0.15, 0.2) is 0 Å². The van der Waals surface area contributed by atoms with Gasteiger partial charge in [-0.05, 0) is 49.2 Å². The Labute approximate surface area is 130 Å². The average molecular weight is 303 g/mol. The average Bonchev–Trinajstić information content (AvgIpc) is 2.41. The van der Waals surface area contributed by atoms with E-state index in [4.69, 9.17) is 11.6 Å². The second kappa shape index (κ2) is 7.14. The van der Waals surface area contributed by atoms with Gasteiger partial charge in [-0.2, -0.15) is 0 Å². The molecule has 0 aliphatic rings. The molecule has 0 spiro atoms. The van der Waals surface area contributed by atoms with Crippen LogP contribution in [-0.2, 0) is 11.2 Å². The second-order valence-electron chi connectivity index (χ2n) is 5.14. The standard InChI is InChI=1S/C17H19ClN2O/c1-12(10-14-6-8-15(18)9-7-14)19-16-4-3-5-17(11-16)20-13(2)21/h3-9,11-12,19H,10H2,1-2H3,(H,20,21). The lowest BCUT2D eigenvalue weighted by Gasteiger charge is -2.16. The van der Waals surface area contributed by atoms with E-state index in [1.807, 2.05) is 48.5 Å². The highest BCUT2D eigenvalue weighted by Gasteiger charge is 2.05. The molecule has 0 radical (unpaired) electrons. The van der Waals surface area contributed by atoms with Crippen molar-refractivity contribution in [2.45, 2.75) is 26.3 Å². The van der Waals surface area contributed by atoms with Crippen LogP contribution in [0.5, 0.6) is 0 Å². The Bertz CT molecular complexity index is 610. The van der Waals surface area contributed by atoms with Crippen LogP contribution in [0.2, 0.25) is 5.02 Å². The molecule has 21 heavy (non-hydrogen) atoms. The van der Waals surface area contributed by atoms with Gasteiger partial charge in [-0.1, -0.05) is 29.8 Å². The molecule has 2 N–H and O–H groups in total. The van der Waals surface area contributed by atoms with Crippen LogP contribution >= 0.6 is 11.6 Å². The van der Waals surface area contributed by atoms with E-state index in [9.17, 15) is 4.79 Å². The predicted octanol–water partition coefficient (Wildman–Crippen LogP) is 4.34. The molecule has 110 valence electrons. The minimum Gasteiger partial charge on any atom is -0.382 e. The summed E-state index contributed by atoms with van der Waals surface area (Å²) in [7, 11) is 0. The third-order valence-electron chi connectivity index (χ3n) is 3.05. The Morgan fingerprint density at radius 2 is 1.81 bits per heavy atom. The Hall–Kier alpha value is -2.00. The van der Waals surface area contributed by atoms with E-state index >= 15 is 0 Å². The Morgan fingerprint density at radius 3 is 2.48 bits per heavy atom. The van der Waals surface area contributed by atoms with Crippen molar-refractivity contribution in [1.29, 1.82) is 0 Å². The number of nitrogens with one attached hydrogen (secondary N) is 2. The van der Waals surface area contributed by atoms with Gasteiger partial charge in [-0.15, -0.1) is 0 Å². The Morgan fingerprint density at radius 1 is 1.14 bits per heavy atom. The normalized spacial score (nSPS) is 11.8. The van der Waals surface area contributed by atoms with E-state index in [1.165, 1.54) is 12.5 Å². The van der Waals surface area contributed by atoms with Crippen molar-refractivity contribution >= 4 is 28.9 Å². The highest BCUT2D eigenvalue weighted by molar-refractivity contribution is 6.30. The minimum atomic E-state index is -0.0682. The van der Waals surface area contributed by atoms with Gasteiger partial charge in [0, 0.05) is 29.4 Å². The quantitative estimate of drug-likeness (QED) is 0.862. The molecular formula is C17H19ClN2O. The van der Waals surface area contributed by atoms with E-state index < -0.39 is 0 Å². The number of amides is 1. The third kappa shape index (κ3) is 5.12. The van der Waals surface area contributed by atoms with E-state index in [-0.39, 0.29) is 11.9 Å². The van der Waals surface area contributed by atoms with Gasteiger partial charge in [-0.3, -0.25) is 4.79 Å². The summed E-state index contributed by atoms with van der Waals surface area (Å²) in [6.45, 7) is 3.63. The highest BCUT2D eigenvalue weighted by atomic mass is 35.5. The number of carbonyl (C=O) groups excluding carboxylic acids is 1. The molecule has 0 fully saturated rings. The van der Waals surface area contributed by atoms with E-state index in [0.29, 0.717) is 0 Å². The van der Waals surface area contributed by atoms with Crippen molar-refractivity contribution in [3.05, 3.63) is 59.1 Å². The summed E-state index contributed by atoms with van der Waals surface area (Å²) in [4.78, 5) is 11.1. The SMILES string of the molecule is CC(=O)Nc1cccc(NC(C)Cc2ccc(Cl)cc2)c1. The zero-order chi connectivity index (χ0) is 15.2. The van der Waals surface area contributed by atoms with Gasteiger partial charge in [0.1, 0.15) is 0 Å². The smallest absolute Gasteiger partial charge is 0.221 e. The number of hydrogen-bond donors (Lipinski definition) is 2. The molecule has 0 saturated carbocycles. The molecule has 0 saturated heterocycles. The van der Waals surface area contributed by atoms with Gasteiger partial charge in [-0.25, -0.2) is 0 Å². The van der Waals surface area contributed by atoms with Crippen LogP contribution < -0.4 is 10.6 Å². The maximum Gasteiger partial charge on any atom is 0.221 e. The summed E-state index contributed by atoms with van der Waals surface area (Å²) < 4.78 is 0. The van der Waals surface area contributed by atoms with Crippen LogP contribution in [0.25, 0.3) is 0 Å². The first-order valence-electron chi connectivity index (χ1n) is 6.91. The van der Waals surface area contributed by atoms with Crippen molar-refractivity contribution in [2.75, 3.05) is 10.6 Å². The van der Waals surface area contributed by atoms with E-state index in [1.54, 1.807) is 0 Å². The van der Waals surface area contributed by atoms with Crippen LogP contribution in [0.4, 0.5) is 11.4 Å². The fourth-order valence-electron chi connectivity index (χ4n) is 2.20. The fraction of sp³-hybridized carbons (Fsp3) is 0.235. The molecular weight excluding hydrogens is 284 g/mol. The van der Waals surface area contributed by atoms with Gasteiger partial charge in [0.2, 0.25) is 5.91 Å². The molecule has 1 unspecified atom stereocenters. The van der Waals surface area contributed by atoms with Crippen LogP contribution in [0.15, 0.2) is 48.5 Å². The first-order valence-corrected chi connectivity index (χ1v) is 7.29. The highest BCUT2D eigenvalue weighted by Crippen LogP contribution is 2.17. The van der Waals surface area contributed by atoms with Crippen molar-refractivity contribution in [3.63, 3.8) is 0 Å². The first-order chi connectivity index (χ1) is 10.0. The summed E-state index contributed by atoms with van der Waals surface area (Å²) in [6, 6.07) is 15.9. The lowest BCUT2D eigenvalue weighted by atomic mass is 10.1. The summed E-state index contributed by atoms with van der Waals surface area (Å²) in [5.74, 6) is -0.0682. The zero-order valence-electron chi connectivity index (χ0n) is 12.2. The van der Waals surface area contributed by atoms with E-state index in [2.05, 4.69) is 17.6 Å². The largest absolute Gasteiger partial charge is 0.382 e.